The molecular weight excluding hydrogens is 446 g/mol. The van der Waals surface area contributed by atoms with Crippen LogP contribution in [-0.2, 0) is 11.3 Å². The van der Waals surface area contributed by atoms with Crippen molar-refractivity contribution in [3.8, 4) is 16.5 Å². The molecule has 0 atom stereocenters. The van der Waals surface area contributed by atoms with Crippen LogP contribution in [0.15, 0.2) is 24.4 Å². The first kappa shape index (κ1) is 19.7. The topological polar surface area (TPSA) is 135 Å². The van der Waals surface area contributed by atoms with Gasteiger partial charge in [-0.2, -0.15) is 4.80 Å². The third kappa shape index (κ3) is 3.79. The van der Waals surface area contributed by atoms with E-state index in [9.17, 15) is 9.59 Å². The van der Waals surface area contributed by atoms with Crippen molar-refractivity contribution in [1.82, 2.24) is 30.5 Å². The minimum atomic E-state index is -1.04. The lowest BCUT2D eigenvalue weighted by Crippen LogP contribution is -2.61. The van der Waals surface area contributed by atoms with Crippen LogP contribution in [0.3, 0.4) is 0 Å². The number of piperidine rings is 1. The van der Waals surface area contributed by atoms with Gasteiger partial charge in [0.2, 0.25) is 5.82 Å². The van der Waals surface area contributed by atoms with E-state index in [0.717, 1.165) is 9.93 Å². The summed E-state index contributed by atoms with van der Waals surface area (Å²) in [5, 5.41) is 24.8. The van der Waals surface area contributed by atoms with Gasteiger partial charge in [0.15, 0.2) is 17.4 Å². The highest BCUT2D eigenvalue weighted by molar-refractivity contribution is 7.18. The van der Waals surface area contributed by atoms with Gasteiger partial charge in [0.05, 0.1) is 16.6 Å². The fourth-order valence-electron chi connectivity index (χ4n) is 3.61. The van der Waals surface area contributed by atoms with E-state index in [4.69, 9.17) is 21.4 Å². The summed E-state index contributed by atoms with van der Waals surface area (Å²) in [6.45, 7) is 0.900. The van der Waals surface area contributed by atoms with Crippen LogP contribution in [0.5, 0.6) is 5.75 Å². The molecule has 2 N–H and O–H groups in total. The molecule has 0 unspecified atom stereocenters. The summed E-state index contributed by atoms with van der Waals surface area (Å²) in [7, 11) is 0. The van der Waals surface area contributed by atoms with E-state index in [1.54, 1.807) is 24.4 Å². The predicted octanol–water partition coefficient (Wildman–Crippen LogP) is 1.65. The Morgan fingerprint density at radius 3 is 2.94 bits per heavy atom. The summed E-state index contributed by atoms with van der Waals surface area (Å²) >= 11 is 7.46. The summed E-state index contributed by atoms with van der Waals surface area (Å²) in [5.41, 5.74) is -0.294. The van der Waals surface area contributed by atoms with Gasteiger partial charge < -0.3 is 20.1 Å². The van der Waals surface area contributed by atoms with Crippen LogP contribution in [0.1, 0.15) is 23.2 Å². The molecule has 4 heterocycles. The molecule has 0 saturated carbocycles. The predicted molar refractivity (Wildman–Crippen MR) is 110 cm³/mol. The number of nitrogens with one attached hydrogen (secondary N) is 1. The van der Waals surface area contributed by atoms with Gasteiger partial charge in [-0.05, 0) is 23.4 Å². The van der Waals surface area contributed by atoms with E-state index >= 15 is 0 Å². The van der Waals surface area contributed by atoms with Crippen LogP contribution >= 0.6 is 22.9 Å². The van der Waals surface area contributed by atoms with Crippen LogP contribution in [0.25, 0.3) is 10.7 Å². The lowest BCUT2D eigenvalue weighted by molar-refractivity contribution is -0.138. The van der Waals surface area contributed by atoms with Crippen molar-refractivity contribution in [2.75, 3.05) is 18.0 Å². The van der Waals surface area contributed by atoms with Crippen molar-refractivity contribution in [3.63, 3.8) is 0 Å². The molecule has 11 nitrogen and oxygen atoms in total. The Morgan fingerprint density at radius 1 is 1.35 bits per heavy atom. The fraction of sp³-hybridized carbons (Fsp3) is 0.333. The summed E-state index contributed by atoms with van der Waals surface area (Å²) < 4.78 is 6.17. The molecule has 1 fully saturated rings. The second-order valence-electron chi connectivity index (χ2n) is 7.22. The molecule has 2 aliphatic heterocycles. The third-order valence-electron chi connectivity index (χ3n) is 5.12. The summed E-state index contributed by atoms with van der Waals surface area (Å²) in [6, 6.07) is 4.99. The number of thiazole rings is 1. The highest BCUT2D eigenvalue weighted by Gasteiger charge is 2.43. The number of halogens is 1. The quantitative estimate of drug-likeness (QED) is 0.594. The fourth-order valence-corrected chi connectivity index (χ4v) is 4.66. The minimum absolute atomic E-state index is 0.168. The van der Waals surface area contributed by atoms with Gasteiger partial charge in [-0.15, -0.1) is 10.2 Å². The van der Waals surface area contributed by atoms with E-state index in [2.05, 4.69) is 30.6 Å². The van der Waals surface area contributed by atoms with Gasteiger partial charge >= 0.3 is 5.97 Å². The maximum absolute atomic E-state index is 12.5. The second-order valence-corrected chi connectivity index (χ2v) is 8.67. The molecule has 2 aliphatic rings. The van der Waals surface area contributed by atoms with E-state index in [1.807, 2.05) is 0 Å². The molecule has 160 valence electrons. The SMILES string of the molecule is O=C(O)Cn1nnc(-c2cnc(N3CCC4(CC3)NC(=O)c3ccc(Cl)cc3O4)s2)n1. The normalized spacial score (nSPS) is 17.2. The standard InChI is InChI=1S/C18H16ClN7O4S/c19-10-1-2-11-12(7-10)30-18(21-16(11)29)3-5-25(6-4-18)17-20-8-13(31-17)15-22-24-26(23-15)9-14(27)28/h1-2,7-8H,3-6,9H2,(H,21,29)(H,27,28). The first-order valence-electron chi connectivity index (χ1n) is 9.43. The van der Waals surface area contributed by atoms with Crippen LogP contribution < -0.4 is 15.0 Å². The Hall–Kier alpha value is -3.25. The molecule has 31 heavy (non-hydrogen) atoms. The van der Waals surface area contributed by atoms with Crippen molar-refractivity contribution in [3.05, 3.63) is 35.0 Å². The highest BCUT2D eigenvalue weighted by Crippen LogP contribution is 2.37. The zero-order valence-electron chi connectivity index (χ0n) is 16.0. The first-order valence-corrected chi connectivity index (χ1v) is 10.6. The maximum Gasteiger partial charge on any atom is 0.327 e. The molecule has 0 aliphatic carbocycles. The van der Waals surface area contributed by atoms with E-state index in [0.29, 0.717) is 53.0 Å². The Bertz CT molecular complexity index is 1170. The number of hydrogen-bond donors (Lipinski definition) is 2. The zero-order valence-corrected chi connectivity index (χ0v) is 17.6. The second kappa shape index (κ2) is 7.46. The molecule has 0 radical (unpaired) electrons. The van der Waals surface area contributed by atoms with Crippen LogP contribution in [0.2, 0.25) is 5.02 Å². The number of hydrogen-bond acceptors (Lipinski definition) is 9. The molecule has 2 aromatic heterocycles. The van der Waals surface area contributed by atoms with Crippen LogP contribution in [0.4, 0.5) is 5.13 Å². The van der Waals surface area contributed by atoms with Crippen molar-refractivity contribution < 1.29 is 19.4 Å². The van der Waals surface area contributed by atoms with E-state index in [-0.39, 0.29) is 12.5 Å². The number of fused-ring (bicyclic) bond motifs is 1. The van der Waals surface area contributed by atoms with Crippen molar-refractivity contribution in [2.45, 2.75) is 25.1 Å². The van der Waals surface area contributed by atoms with Gasteiger partial charge in [-0.1, -0.05) is 22.9 Å². The molecule has 13 heteroatoms. The average molecular weight is 462 g/mol. The monoisotopic (exact) mass is 461 g/mol. The summed E-state index contributed by atoms with van der Waals surface area (Å²) in [6.07, 6.45) is 2.79. The van der Waals surface area contributed by atoms with Crippen molar-refractivity contribution in [1.29, 1.82) is 0 Å². The van der Waals surface area contributed by atoms with Gasteiger partial charge in [-0.3, -0.25) is 9.59 Å². The molecule has 1 saturated heterocycles. The smallest absolute Gasteiger partial charge is 0.327 e. The Kier molecular flexibility index (Phi) is 4.74. The molecule has 1 aromatic carbocycles. The Labute approximate surface area is 184 Å². The van der Waals surface area contributed by atoms with Crippen molar-refractivity contribution in [2.24, 2.45) is 0 Å². The van der Waals surface area contributed by atoms with Gasteiger partial charge in [0.25, 0.3) is 5.91 Å². The molecule has 1 amide bonds. The lowest BCUT2D eigenvalue weighted by Gasteiger charge is -2.44. The molecule has 0 bridgehead atoms. The molecular formula is C18H16ClN7O4S. The maximum atomic E-state index is 12.5. The number of carboxylic acids is 1. The van der Waals surface area contributed by atoms with Gasteiger partial charge in [0.1, 0.15) is 5.75 Å². The van der Waals surface area contributed by atoms with E-state index < -0.39 is 11.7 Å². The van der Waals surface area contributed by atoms with Crippen LogP contribution in [0, 0.1) is 0 Å². The number of rotatable bonds is 4. The Morgan fingerprint density at radius 2 is 2.16 bits per heavy atom. The van der Waals surface area contributed by atoms with Gasteiger partial charge in [-0.25, -0.2) is 4.98 Å². The van der Waals surface area contributed by atoms with Crippen LogP contribution in [-0.4, -0.2) is 61.0 Å². The number of carboxylic acid groups (broad SMARTS) is 1. The zero-order chi connectivity index (χ0) is 21.6. The first-order chi connectivity index (χ1) is 14.9. The number of carbonyl (C=O) groups is 2. The Balaban J connectivity index is 1.28. The number of benzene rings is 1. The van der Waals surface area contributed by atoms with Gasteiger partial charge in [0, 0.05) is 31.0 Å². The molecule has 1 spiro atoms. The third-order valence-corrected chi connectivity index (χ3v) is 6.41. The van der Waals surface area contributed by atoms with Crippen molar-refractivity contribution >= 4 is 39.9 Å². The number of aliphatic carboxylic acids is 1. The number of aromatic nitrogens is 5. The van der Waals surface area contributed by atoms with E-state index in [1.165, 1.54) is 11.3 Å². The highest BCUT2D eigenvalue weighted by atomic mass is 35.5. The molecule has 5 rings (SSSR count). The number of carbonyl (C=O) groups excluding carboxylic acids is 1. The average Bonchev–Trinajstić information content (AvgIpc) is 3.37. The number of tetrazole rings is 1. The number of ether oxygens (including phenoxy) is 1. The summed E-state index contributed by atoms with van der Waals surface area (Å²) in [4.78, 5) is 31.6. The largest absolute Gasteiger partial charge is 0.480 e. The number of anilines is 1. The lowest BCUT2D eigenvalue weighted by atomic mass is 9.97. The summed E-state index contributed by atoms with van der Waals surface area (Å²) in [5.74, 6) is -0.386. The number of nitrogens with zero attached hydrogens (tertiary/aromatic N) is 6. The minimum Gasteiger partial charge on any atom is -0.480 e. The molecule has 3 aromatic rings. The number of amides is 1.